The summed E-state index contributed by atoms with van der Waals surface area (Å²) >= 11 is 0. The average Bonchev–Trinajstić information content (AvgIpc) is 2.39. The van der Waals surface area contributed by atoms with Gasteiger partial charge in [0, 0.05) is 7.11 Å². The highest BCUT2D eigenvalue weighted by molar-refractivity contribution is 5.76. The highest BCUT2D eigenvalue weighted by Gasteiger charge is 2.05. The molecule has 0 atom stereocenters. The van der Waals surface area contributed by atoms with Gasteiger partial charge in [-0.05, 0) is 12.1 Å². The maximum atomic E-state index is 11.4. The molecule has 17 heavy (non-hydrogen) atoms. The normalized spacial score (nSPS) is 9.59. The van der Waals surface area contributed by atoms with Crippen molar-refractivity contribution in [1.29, 1.82) is 0 Å². The molecule has 2 rings (SSSR count). The number of aromatic nitrogens is 1. The number of para-hydroxylation sites is 1. The lowest BCUT2D eigenvalue weighted by atomic mass is 10.2. The van der Waals surface area contributed by atoms with Crippen LogP contribution in [0.15, 0.2) is 33.5 Å². The largest absolute Gasteiger partial charge is 0.423 e. The molecule has 2 aromatic rings. The van der Waals surface area contributed by atoms with E-state index in [0.717, 1.165) is 0 Å². The van der Waals surface area contributed by atoms with Crippen LogP contribution in [0, 0.1) is 0 Å². The second-order valence-electron chi connectivity index (χ2n) is 2.84. The van der Waals surface area contributed by atoms with Crippen LogP contribution in [-0.4, -0.2) is 18.9 Å². The molecule has 0 fully saturated rings. The van der Waals surface area contributed by atoms with Crippen molar-refractivity contribution in [2.75, 3.05) is 13.9 Å². The molecular formula is C12H15NO4. The lowest BCUT2D eigenvalue weighted by Gasteiger charge is -2.01. The number of methoxy groups -OCH3 is 1. The molecule has 0 aliphatic carbocycles. The van der Waals surface area contributed by atoms with E-state index in [1.54, 1.807) is 24.3 Å². The maximum absolute atomic E-state index is 11.4. The Hall–Kier alpha value is -1.88. The third kappa shape index (κ3) is 3.29. The van der Waals surface area contributed by atoms with Gasteiger partial charge in [-0.1, -0.05) is 26.0 Å². The Bertz CT molecular complexity index is 521. The van der Waals surface area contributed by atoms with Crippen molar-refractivity contribution >= 4 is 10.9 Å². The molecule has 0 unspecified atom stereocenters. The highest BCUT2D eigenvalue weighted by Crippen LogP contribution is 2.11. The molecule has 92 valence electrons. The van der Waals surface area contributed by atoms with Gasteiger partial charge in [-0.15, -0.1) is 0 Å². The number of hydrogen-bond donors (Lipinski definition) is 0. The molecule has 0 aliphatic heterocycles. The standard InChI is InChI=1S/C10H9NO4.C2H6/c1-13-6-14-10-11-8-5-3-2-4-7(8)9(12)15-10;1-2/h2-5H,6H2,1H3;1-2H3. The van der Waals surface area contributed by atoms with Gasteiger partial charge >= 0.3 is 11.7 Å². The average molecular weight is 237 g/mol. The number of benzene rings is 1. The molecule has 0 spiro atoms. The summed E-state index contributed by atoms with van der Waals surface area (Å²) in [5.74, 6) is 0. The van der Waals surface area contributed by atoms with Gasteiger partial charge in [0.1, 0.15) is 0 Å². The van der Waals surface area contributed by atoms with Crippen LogP contribution in [0.4, 0.5) is 0 Å². The lowest BCUT2D eigenvalue weighted by Crippen LogP contribution is -2.06. The van der Waals surface area contributed by atoms with Gasteiger partial charge in [-0.3, -0.25) is 0 Å². The van der Waals surface area contributed by atoms with E-state index in [9.17, 15) is 4.79 Å². The Morgan fingerprint density at radius 3 is 2.71 bits per heavy atom. The lowest BCUT2D eigenvalue weighted by molar-refractivity contribution is 0.0274. The van der Waals surface area contributed by atoms with Gasteiger partial charge in [-0.25, -0.2) is 4.79 Å². The molecule has 1 heterocycles. The molecule has 0 aliphatic rings. The summed E-state index contributed by atoms with van der Waals surface area (Å²) < 4.78 is 14.4. The molecular weight excluding hydrogens is 222 g/mol. The molecule has 0 radical (unpaired) electrons. The van der Waals surface area contributed by atoms with Crippen LogP contribution in [0.1, 0.15) is 13.8 Å². The van der Waals surface area contributed by atoms with Crippen molar-refractivity contribution in [3.05, 3.63) is 34.7 Å². The summed E-state index contributed by atoms with van der Waals surface area (Å²) in [5.41, 5.74) is 0.0755. The van der Waals surface area contributed by atoms with Crippen molar-refractivity contribution in [2.24, 2.45) is 0 Å². The first-order chi connectivity index (χ1) is 8.31. The minimum atomic E-state index is -0.466. The Morgan fingerprint density at radius 2 is 2.00 bits per heavy atom. The van der Waals surface area contributed by atoms with Crippen molar-refractivity contribution in [3.8, 4) is 6.08 Å². The zero-order valence-electron chi connectivity index (χ0n) is 10.1. The first kappa shape index (κ1) is 13.2. The van der Waals surface area contributed by atoms with E-state index >= 15 is 0 Å². The molecule has 5 nitrogen and oxygen atoms in total. The van der Waals surface area contributed by atoms with Crippen LogP contribution in [0.5, 0.6) is 6.08 Å². The van der Waals surface area contributed by atoms with Crippen LogP contribution in [0.25, 0.3) is 10.9 Å². The van der Waals surface area contributed by atoms with E-state index < -0.39 is 5.63 Å². The van der Waals surface area contributed by atoms with E-state index in [1.807, 2.05) is 13.8 Å². The number of hydrogen-bond acceptors (Lipinski definition) is 5. The summed E-state index contributed by atoms with van der Waals surface area (Å²) in [5, 5.41) is 0.433. The minimum Gasteiger partial charge on any atom is -0.423 e. The van der Waals surface area contributed by atoms with Crippen LogP contribution in [0.2, 0.25) is 0 Å². The zero-order chi connectivity index (χ0) is 12.7. The SMILES string of the molecule is CC.COCOc1nc2ccccc2c(=O)o1. The van der Waals surface area contributed by atoms with Crippen LogP contribution in [0.3, 0.4) is 0 Å². The van der Waals surface area contributed by atoms with Gasteiger partial charge in [0.05, 0.1) is 10.9 Å². The van der Waals surface area contributed by atoms with E-state index in [2.05, 4.69) is 9.72 Å². The number of nitrogens with zero attached hydrogens (tertiary/aromatic N) is 1. The number of ether oxygens (including phenoxy) is 2. The molecule has 0 bridgehead atoms. The van der Waals surface area contributed by atoms with Crippen molar-refractivity contribution in [1.82, 2.24) is 4.98 Å². The van der Waals surface area contributed by atoms with Gasteiger partial charge in [0.2, 0.25) is 0 Å². The summed E-state index contributed by atoms with van der Waals surface area (Å²) in [4.78, 5) is 15.4. The molecule has 1 aromatic carbocycles. The summed E-state index contributed by atoms with van der Waals surface area (Å²) in [7, 11) is 1.47. The maximum Gasteiger partial charge on any atom is 0.399 e. The van der Waals surface area contributed by atoms with E-state index in [1.165, 1.54) is 7.11 Å². The Kier molecular flexibility index (Phi) is 5.16. The van der Waals surface area contributed by atoms with Crippen molar-refractivity contribution in [3.63, 3.8) is 0 Å². The third-order valence-electron chi connectivity index (χ3n) is 1.82. The fourth-order valence-electron chi connectivity index (χ4n) is 1.17. The Morgan fingerprint density at radius 1 is 1.29 bits per heavy atom. The second-order valence-corrected chi connectivity index (χ2v) is 2.84. The topological polar surface area (TPSA) is 61.6 Å². The summed E-state index contributed by atoms with van der Waals surface area (Å²) in [6.45, 7) is 3.99. The number of rotatable bonds is 3. The summed E-state index contributed by atoms with van der Waals surface area (Å²) in [6, 6.07) is 6.89. The first-order valence-corrected chi connectivity index (χ1v) is 5.33. The minimum absolute atomic E-state index is 0.00567. The Balaban J connectivity index is 0.000000686. The molecule has 5 heteroatoms. The first-order valence-electron chi connectivity index (χ1n) is 5.33. The van der Waals surface area contributed by atoms with Gasteiger partial charge in [0.15, 0.2) is 6.79 Å². The highest BCUT2D eigenvalue weighted by atomic mass is 16.7. The predicted molar refractivity (Wildman–Crippen MR) is 64.1 cm³/mol. The van der Waals surface area contributed by atoms with Gasteiger partial charge in [0.25, 0.3) is 0 Å². The van der Waals surface area contributed by atoms with Gasteiger partial charge in [-0.2, -0.15) is 4.98 Å². The van der Waals surface area contributed by atoms with E-state index in [0.29, 0.717) is 10.9 Å². The predicted octanol–water partition coefficient (Wildman–Crippen LogP) is 2.20. The summed E-state index contributed by atoms with van der Waals surface area (Å²) in [6.07, 6.45) is -0.0828. The fourth-order valence-corrected chi connectivity index (χ4v) is 1.17. The molecule has 1 aromatic heterocycles. The third-order valence-corrected chi connectivity index (χ3v) is 1.82. The zero-order valence-corrected chi connectivity index (χ0v) is 10.1. The van der Waals surface area contributed by atoms with Crippen LogP contribution in [-0.2, 0) is 4.74 Å². The van der Waals surface area contributed by atoms with Crippen LogP contribution < -0.4 is 10.4 Å². The van der Waals surface area contributed by atoms with E-state index in [-0.39, 0.29) is 12.9 Å². The fraction of sp³-hybridized carbons (Fsp3) is 0.333. The number of fused-ring (bicyclic) bond motifs is 1. The quantitative estimate of drug-likeness (QED) is 0.766. The molecule has 0 saturated carbocycles. The smallest absolute Gasteiger partial charge is 0.399 e. The van der Waals surface area contributed by atoms with Crippen molar-refractivity contribution < 1.29 is 13.9 Å². The van der Waals surface area contributed by atoms with E-state index in [4.69, 9.17) is 9.15 Å². The Labute approximate surface area is 99.0 Å². The second kappa shape index (κ2) is 6.65. The van der Waals surface area contributed by atoms with Gasteiger partial charge < -0.3 is 13.9 Å². The monoisotopic (exact) mass is 237 g/mol. The molecule has 0 N–H and O–H groups in total. The van der Waals surface area contributed by atoms with Crippen molar-refractivity contribution in [2.45, 2.75) is 13.8 Å². The van der Waals surface area contributed by atoms with Crippen LogP contribution >= 0.6 is 0 Å². The molecule has 0 saturated heterocycles. The molecule has 0 amide bonds.